The number of thiophene rings is 1. The molecule has 3 aromatic heterocycles. The van der Waals surface area contributed by atoms with Crippen LogP contribution in [0.15, 0.2) is 46.2 Å². The molecule has 1 unspecified atom stereocenters. The van der Waals surface area contributed by atoms with Crippen LogP contribution in [0.4, 0.5) is 4.39 Å². The van der Waals surface area contributed by atoms with Crippen molar-refractivity contribution in [3.8, 4) is 10.8 Å². The zero-order valence-corrected chi connectivity index (χ0v) is 25.1. The predicted octanol–water partition coefficient (Wildman–Crippen LogP) is 3.33. The first-order valence-corrected chi connectivity index (χ1v) is 15.2. The number of aromatic nitrogens is 4. The van der Waals surface area contributed by atoms with E-state index in [-0.39, 0.29) is 18.6 Å². The molecule has 1 aromatic carbocycles. The van der Waals surface area contributed by atoms with Crippen molar-refractivity contribution < 1.29 is 23.8 Å². The number of aliphatic hydroxyl groups excluding tert-OH is 1. The monoisotopic (exact) mass is 611 g/mol. The third-order valence-corrected chi connectivity index (χ3v) is 9.83. The first kappa shape index (κ1) is 29.3. The summed E-state index contributed by atoms with van der Waals surface area (Å²) in [6.45, 7) is 2.16. The summed E-state index contributed by atoms with van der Waals surface area (Å²) in [5.41, 5.74) is -0.109. The van der Waals surface area contributed by atoms with Gasteiger partial charge in [0, 0.05) is 37.1 Å². The van der Waals surface area contributed by atoms with E-state index in [9.17, 15) is 23.9 Å². The van der Waals surface area contributed by atoms with Gasteiger partial charge in [0.15, 0.2) is 0 Å². The van der Waals surface area contributed by atoms with Crippen LogP contribution < -0.4 is 16.0 Å². The molecular formula is C30H34FN5O6S. The summed E-state index contributed by atoms with van der Waals surface area (Å²) in [6, 6.07) is 4.98. The lowest BCUT2D eigenvalue weighted by atomic mass is 9.94. The van der Waals surface area contributed by atoms with Crippen molar-refractivity contribution in [1.82, 2.24) is 23.8 Å². The molecule has 2 aliphatic rings. The maximum Gasteiger partial charge on any atom is 0.332 e. The number of hydrogen-bond acceptors (Lipinski definition) is 8. The molecule has 4 heterocycles. The highest BCUT2D eigenvalue weighted by Crippen LogP contribution is 2.36. The van der Waals surface area contributed by atoms with E-state index in [0.717, 1.165) is 4.57 Å². The van der Waals surface area contributed by atoms with Gasteiger partial charge in [-0.15, -0.1) is 0 Å². The Hall–Kier alpha value is -3.81. The Bertz CT molecular complexity index is 1770. The molecule has 1 aliphatic heterocycles. The summed E-state index contributed by atoms with van der Waals surface area (Å²) in [5, 5.41) is 15.4. The fraction of sp³-hybridized carbons (Fsp3) is 0.467. The van der Waals surface area contributed by atoms with Crippen molar-refractivity contribution in [3.63, 3.8) is 0 Å². The van der Waals surface area contributed by atoms with Gasteiger partial charge in [-0.3, -0.25) is 14.2 Å². The van der Waals surface area contributed by atoms with E-state index in [4.69, 9.17) is 9.47 Å². The average Bonchev–Trinajstić information content (AvgIpc) is 3.72. The Balaban J connectivity index is 1.55. The largest absolute Gasteiger partial charge is 0.496 e. The minimum atomic E-state index is -0.934. The van der Waals surface area contributed by atoms with Crippen LogP contribution in [0.5, 0.6) is 5.75 Å². The number of rotatable bonds is 8. The van der Waals surface area contributed by atoms with Gasteiger partial charge in [-0.2, -0.15) is 5.10 Å². The molecule has 43 heavy (non-hydrogen) atoms. The van der Waals surface area contributed by atoms with Gasteiger partial charge in [0.05, 0.1) is 31.2 Å². The summed E-state index contributed by atoms with van der Waals surface area (Å²) < 4.78 is 31.0. The fourth-order valence-corrected chi connectivity index (χ4v) is 7.44. The molecule has 11 nitrogen and oxygen atoms in total. The van der Waals surface area contributed by atoms with Crippen LogP contribution in [0.3, 0.4) is 0 Å². The molecular weight excluding hydrogens is 577 g/mol. The topological polar surface area (TPSA) is 121 Å². The van der Waals surface area contributed by atoms with Gasteiger partial charge in [0.2, 0.25) is 5.91 Å². The van der Waals surface area contributed by atoms with Gasteiger partial charge in [-0.05, 0) is 63.3 Å². The minimum absolute atomic E-state index is 0.0657. The van der Waals surface area contributed by atoms with Gasteiger partial charge < -0.3 is 19.5 Å². The summed E-state index contributed by atoms with van der Waals surface area (Å²) in [5.74, 6) is -0.392. The number of halogens is 1. The number of likely N-dealkylation sites (tertiary alicyclic amines) is 1. The lowest BCUT2D eigenvalue weighted by Crippen LogP contribution is -2.45. The van der Waals surface area contributed by atoms with E-state index in [2.05, 4.69) is 5.10 Å². The number of likely N-dealkylation sites (N-methyl/N-ethyl adjacent to an activating group) is 1. The smallest absolute Gasteiger partial charge is 0.332 e. The second-order valence-electron chi connectivity index (χ2n) is 11.2. The molecule has 2 atom stereocenters. The number of benzene rings is 1. The predicted molar refractivity (Wildman–Crippen MR) is 159 cm³/mol. The highest BCUT2D eigenvalue weighted by atomic mass is 32.1. The zero-order chi connectivity index (χ0) is 30.4. The molecule has 1 amide bonds. The molecule has 4 aromatic rings. The normalized spacial score (nSPS) is 21.6. The van der Waals surface area contributed by atoms with Crippen LogP contribution in [-0.4, -0.2) is 67.7 Å². The maximum atomic E-state index is 14.7. The van der Waals surface area contributed by atoms with E-state index in [1.54, 1.807) is 37.1 Å². The van der Waals surface area contributed by atoms with Gasteiger partial charge in [-0.25, -0.2) is 18.4 Å². The number of hydrogen-bond donors (Lipinski definition) is 1. The van der Waals surface area contributed by atoms with Crippen molar-refractivity contribution in [3.05, 3.63) is 74.4 Å². The van der Waals surface area contributed by atoms with E-state index >= 15 is 0 Å². The number of carbonyl (C=O) groups excluding carboxylic acids is 1. The van der Waals surface area contributed by atoms with Crippen LogP contribution in [0.25, 0.3) is 15.2 Å². The lowest BCUT2D eigenvalue weighted by molar-refractivity contribution is -0.129. The molecule has 0 bridgehead atoms. The number of ether oxygens (including phenoxy) is 2. The number of methoxy groups -OCH3 is 1. The highest BCUT2D eigenvalue weighted by Gasteiger charge is 2.36. The van der Waals surface area contributed by atoms with Crippen LogP contribution in [0.1, 0.15) is 55.4 Å². The molecule has 6 rings (SSSR count). The molecule has 1 saturated carbocycles. The summed E-state index contributed by atoms with van der Waals surface area (Å²) >= 11 is 1.25. The van der Waals surface area contributed by atoms with Crippen molar-refractivity contribution in [2.45, 2.75) is 69.9 Å². The van der Waals surface area contributed by atoms with Crippen LogP contribution in [0, 0.1) is 12.7 Å². The summed E-state index contributed by atoms with van der Waals surface area (Å²) in [6.07, 6.45) is 4.58. The number of carbonyl (C=O) groups is 1. The van der Waals surface area contributed by atoms with Gasteiger partial charge >= 0.3 is 5.69 Å². The Kier molecular flexibility index (Phi) is 7.96. The van der Waals surface area contributed by atoms with Crippen molar-refractivity contribution in [2.24, 2.45) is 0 Å². The molecule has 13 heteroatoms. The minimum Gasteiger partial charge on any atom is -0.496 e. The molecule has 0 spiro atoms. The Morgan fingerprint density at radius 3 is 2.58 bits per heavy atom. The second kappa shape index (κ2) is 11.7. The standard InChI is InChI=1S/C30H34FN5O6S/c1-17-25-27(39)36(22-11-14-33(2)26(22)38)30(40)34(29(25)43-28(17)35-13-4-12-32-35)16-24(42-20-8-6-19(37)7-9-20)21-15-18(31)5-10-23(21)41-3/h4-5,10,12-13,15,19-20,22,24,37H,6-9,11,14,16H2,1-3H3/t19-,20+,22?,24-/m0/s1. The summed E-state index contributed by atoms with van der Waals surface area (Å²) in [7, 11) is 3.13. The molecule has 0 radical (unpaired) electrons. The fourth-order valence-electron chi connectivity index (χ4n) is 6.19. The van der Waals surface area contributed by atoms with E-state index in [1.165, 1.54) is 46.1 Å². The van der Waals surface area contributed by atoms with Crippen LogP contribution in [-0.2, 0) is 16.1 Å². The van der Waals surface area contributed by atoms with Crippen molar-refractivity contribution >= 4 is 27.5 Å². The first-order valence-electron chi connectivity index (χ1n) is 14.4. The van der Waals surface area contributed by atoms with Crippen molar-refractivity contribution in [2.75, 3.05) is 20.7 Å². The van der Waals surface area contributed by atoms with Crippen LogP contribution >= 0.6 is 11.3 Å². The number of nitrogens with zero attached hydrogens (tertiary/aromatic N) is 5. The number of fused-ring (bicyclic) bond motifs is 1. The van der Waals surface area contributed by atoms with E-state index in [0.29, 0.717) is 70.7 Å². The Labute approximate surface area is 250 Å². The summed E-state index contributed by atoms with van der Waals surface area (Å²) in [4.78, 5) is 43.4. The molecule has 1 saturated heterocycles. The zero-order valence-electron chi connectivity index (χ0n) is 24.2. The van der Waals surface area contributed by atoms with Gasteiger partial charge in [-0.1, -0.05) is 11.3 Å². The molecule has 1 N–H and O–H groups in total. The maximum absolute atomic E-state index is 14.7. The van der Waals surface area contributed by atoms with Gasteiger partial charge in [0.25, 0.3) is 5.56 Å². The molecule has 1 aliphatic carbocycles. The second-order valence-corrected chi connectivity index (χ2v) is 12.2. The SMILES string of the molecule is COc1ccc(F)cc1[C@H](Cn1c(=O)n(C2CCN(C)C2=O)c(=O)c2c(C)c(-n3cccn3)sc21)O[C@H]1CC[C@@H](O)CC1. The highest BCUT2D eigenvalue weighted by molar-refractivity contribution is 7.21. The van der Waals surface area contributed by atoms with E-state index in [1.807, 2.05) is 0 Å². The molecule has 228 valence electrons. The number of aliphatic hydroxyl groups is 1. The number of amides is 1. The average molecular weight is 612 g/mol. The third kappa shape index (κ3) is 5.30. The van der Waals surface area contributed by atoms with Crippen LogP contribution in [0.2, 0.25) is 0 Å². The van der Waals surface area contributed by atoms with Crippen molar-refractivity contribution in [1.29, 1.82) is 0 Å². The number of aryl methyl sites for hydroxylation is 1. The van der Waals surface area contributed by atoms with E-state index < -0.39 is 35.3 Å². The Morgan fingerprint density at radius 2 is 1.93 bits per heavy atom. The molecule has 2 fully saturated rings. The first-order chi connectivity index (χ1) is 20.7. The Morgan fingerprint density at radius 1 is 1.16 bits per heavy atom. The third-order valence-electron chi connectivity index (χ3n) is 8.53. The van der Waals surface area contributed by atoms with Gasteiger partial charge in [0.1, 0.15) is 33.5 Å². The lowest BCUT2D eigenvalue weighted by Gasteiger charge is -2.31. The quantitative estimate of drug-likeness (QED) is 0.325.